The molecule has 8 heteroatoms. The molecule has 2 amide bonds. The first-order valence-electron chi connectivity index (χ1n) is 11.8. The molecule has 33 heavy (non-hydrogen) atoms. The van der Waals surface area contributed by atoms with Crippen LogP contribution in [0.2, 0.25) is 0 Å². The number of nitrogens with zero attached hydrogens (tertiary/aromatic N) is 3. The molecule has 0 unspecified atom stereocenters. The second kappa shape index (κ2) is 11.0. The molecular formula is C25H34N4O3S. The highest BCUT2D eigenvalue weighted by molar-refractivity contribution is 7.10. The minimum atomic E-state index is -0.487. The molecule has 2 fully saturated rings. The van der Waals surface area contributed by atoms with Crippen molar-refractivity contribution < 1.29 is 14.3 Å². The minimum absolute atomic E-state index is 0.0305. The summed E-state index contributed by atoms with van der Waals surface area (Å²) in [5, 5.41) is 5.10. The molecule has 1 aromatic carbocycles. The highest BCUT2D eigenvalue weighted by Gasteiger charge is 2.33. The molecule has 1 N–H and O–H groups in total. The number of carbonyl (C=O) groups is 2. The fourth-order valence-corrected chi connectivity index (χ4v) is 5.89. The lowest BCUT2D eigenvalue weighted by molar-refractivity contribution is -0.147. The first-order valence-corrected chi connectivity index (χ1v) is 12.7. The predicted molar refractivity (Wildman–Crippen MR) is 132 cm³/mol. The number of ether oxygens (including phenoxy) is 1. The maximum Gasteiger partial charge on any atom is 0.311 e. The third-order valence-electron chi connectivity index (χ3n) is 6.64. The number of rotatable bonds is 6. The summed E-state index contributed by atoms with van der Waals surface area (Å²) < 4.78 is 5.55. The number of amides is 2. The van der Waals surface area contributed by atoms with Crippen LogP contribution in [-0.2, 0) is 9.59 Å². The summed E-state index contributed by atoms with van der Waals surface area (Å²) in [6, 6.07) is 12.1. The van der Waals surface area contributed by atoms with Crippen molar-refractivity contribution in [2.24, 2.45) is 0 Å². The van der Waals surface area contributed by atoms with E-state index in [0.717, 1.165) is 56.9 Å². The molecule has 2 aliphatic rings. The summed E-state index contributed by atoms with van der Waals surface area (Å²) in [6.45, 7) is 6.84. The van der Waals surface area contributed by atoms with Gasteiger partial charge in [0.05, 0.1) is 18.8 Å². The Morgan fingerprint density at radius 1 is 0.970 bits per heavy atom. The van der Waals surface area contributed by atoms with E-state index < -0.39 is 11.8 Å². The number of hydrogen-bond acceptors (Lipinski definition) is 6. The fraction of sp³-hybridized carbons (Fsp3) is 0.520. The van der Waals surface area contributed by atoms with Gasteiger partial charge in [-0.3, -0.25) is 14.5 Å². The van der Waals surface area contributed by atoms with Gasteiger partial charge in [0.2, 0.25) is 0 Å². The van der Waals surface area contributed by atoms with E-state index in [1.54, 1.807) is 23.3 Å². The van der Waals surface area contributed by atoms with Gasteiger partial charge in [-0.05, 0) is 49.8 Å². The molecule has 2 saturated heterocycles. The molecule has 0 bridgehead atoms. The Balaban J connectivity index is 1.42. The lowest BCUT2D eigenvalue weighted by atomic mass is 10.0. The van der Waals surface area contributed by atoms with Crippen LogP contribution in [0.15, 0.2) is 41.8 Å². The molecule has 0 aliphatic carbocycles. The first-order chi connectivity index (χ1) is 16.1. The largest absolute Gasteiger partial charge is 0.495 e. The van der Waals surface area contributed by atoms with Crippen LogP contribution in [0.4, 0.5) is 5.69 Å². The average molecular weight is 471 g/mol. The van der Waals surface area contributed by atoms with Crippen LogP contribution in [-0.4, -0.2) is 74.0 Å². The highest BCUT2D eigenvalue weighted by Crippen LogP contribution is 2.32. The highest BCUT2D eigenvalue weighted by atomic mass is 32.1. The van der Waals surface area contributed by atoms with Crippen molar-refractivity contribution in [1.29, 1.82) is 0 Å². The van der Waals surface area contributed by atoms with E-state index in [1.165, 1.54) is 4.88 Å². The van der Waals surface area contributed by atoms with Gasteiger partial charge in [-0.2, -0.15) is 0 Å². The van der Waals surface area contributed by atoms with E-state index in [9.17, 15) is 9.59 Å². The van der Waals surface area contributed by atoms with Crippen LogP contribution in [0.3, 0.4) is 0 Å². The second-order valence-corrected chi connectivity index (χ2v) is 9.75. The smallest absolute Gasteiger partial charge is 0.311 e. The van der Waals surface area contributed by atoms with Crippen molar-refractivity contribution in [1.82, 2.24) is 15.1 Å². The standard InChI is InChI=1S/C25H34N4O3S/c1-19(26-24(30)25(31)29-12-6-3-7-13-29)23(22-11-8-18-33-22)28-16-14-27(15-17-28)20-9-4-5-10-21(20)32-2/h4-5,8-11,18-19,23H,3,6-7,12-17H2,1-2H3,(H,26,30)/t19-,23+/m0/s1. The number of hydrogen-bond donors (Lipinski definition) is 1. The Labute approximate surface area is 200 Å². The zero-order valence-electron chi connectivity index (χ0n) is 19.5. The molecule has 178 valence electrons. The summed E-state index contributed by atoms with van der Waals surface area (Å²) in [6.07, 6.45) is 3.08. The number of piperazine rings is 1. The Kier molecular flexibility index (Phi) is 7.88. The van der Waals surface area contributed by atoms with Gasteiger partial charge in [-0.25, -0.2) is 0 Å². The number of methoxy groups -OCH3 is 1. The third-order valence-corrected chi connectivity index (χ3v) is 7.58. The maximum atomic E-state index is 12.8. The topological polar surface area (TPSA) is 65.1 Å². The van der Waals surface area contributed by atoms with E-state index in [2.05, 4.69) is 32.6 Å². The summed E-state index contributed by atoms with van der Waals surface area (Å²) in [7, 11) is 1.71. The average Bonchev–Trinajstić information content (AvgIpc) is 3.39. The van der Waals surface area contributed by atoms with Crippen molar-refractivity contribution in [2.45, 2.75) is 38.3 Å². The molecule has 2 atom stereocenters. The van der Waals surface area contributed by atoms with Crippen molar-refractivity contribution in [3.63, 3.8) is 0 Å². The quantitative estimate of drug-likeness (QED) is 0.657. The number of likely N-dealkylation sites (tertiary alicyclic amines) is 1. The number of thiophene rings is 1. The van der Waals surface area contributed by atoms with E-state index >= 15 is 0 Å². The lowest BCUT2D eigenvalue weighted by Gasteiger charge is -2.42. The van der Waals surface area contributed by atoms with Crippen molar-refractivity contribution in [3.05, 3.63) is 46.7 Å². The van der Waals surface area contributed by atoms with Gasteiger partial charge < -0.3 is 19.9 Å². The molecule has 4 rings (SSSR count). The summed E-state index contributed by atoms with van der Waals surface area (Å²) in [4.78, 5) is 33.1. The zero-order valence-corrected chi connectivity index (χ0v) is 20.4. The van der Waals surface area contributed by atoms with E-state index in [-0.39, 0.29) is 12.1 Å². The lowest BCUT2D eigenvalue weighted by Crippen LogP contribution is -2.54. The van der Waals surface area contributed by atoms with Crippen LogP contribution < -0.4 is 15.0 Å². The van der Waals surface area contributed by atoms with E-state index in [4.69, 9.17) is 4.74 Å². The monoisotopic (exact) mass is 470 g/mol. The van der Waals surface area contributed by atoms with Crippen molar-refractivity contribution in [2.75, 3.05) is 51.3 Å². The molecule has 1 aromatic heterocycles. The van der Waals surface area contributed by atoms with Crippen molar-refractivity contribution in [3.8, 4) is 5.75 Å². The van der Waals surface area contributed by atoms with Crippen LogP contribution in [0.25, 0.3) is 0 Å². The Hall–Kier alpha value is -2.58. The molecule has 2 aliphatic heterocycles. The Bertz CT molecular complexity index is 921. The van der Waals surface area contributed by atoms with Crippen LogP contribution in [0.5, 0.6) is 5.75 Å². The van der Waals surface area contributed by atoms with Gasteiger partial charge >= 0.3 is 11.8 Å². The predicted octanol–water partition coefficient (Wildman–Crippen LogP) is 3.14. The van der Waals surface area contributed by atoms with Crippen LogP contribution in [0, 0.1) is 0 Å². The molecule has 7 nitrogen and oxygen atoms in total. The molecule has 0 radical (unpaired) electrons. The number of nitrogens with one attached hydrogen (secondary N) is 1. The Morgan fingerprint density at radius 3 is 2.36 bits per heavy atom. The number of benzene rings is 1. The summed E-state index contributed by atoms with van der Waals surface area (Å²) >= 11 is 1.70. The normalized spacial score (nSPS) is 19.1. The van der Waals surface area contributed by atoms with Gasteiger partial charge in [0.1, 0.15) is 5.75 Å². The number of piperidine rings is 1. The van der Waals surface area contributed by atoms with Gasteiger partial charge in [-0.1, -0.05) is 18.2 Å². The van der Waals surface area contributed by atoms with Gasteiger partial charge in [0.15, 0.2) is 0 Å². The number of carbonyl (C=O) groups excluding carboxylic acids is 2. The SMILES string of the molecule is COc1ccccc1N1CCN([C@@H](c2cccs2)[C@H](C)NC(=O)C(=O)N2CCCCC2)CC1. The van der Waals surface area contributed by atoms with Crippen LogP contribution in [0.1, 0.15) is 37.1 Å². The second-order valence-electron chi connectivity index (χ2n) is 8.77. The van der Waals surface area contributed by atoms with Crippen LogP contribution >= 0.6 is 11.3 Å². The Morgan fingerprint density at radius 2 is 1.70 bits per heavy atom. The first kappa shape index (κ1) is 23.6. The van der Waals surface area contributed by atoms with E-state index in [1.807, 2.05) is 31.2 Å². The molecule has 2 aromatic rings. The summed E-state index contributed by atoms with van der Waals surface area (Å²) in [5.41, 5.74) is 1.11. The van der Waals surface area contributed by atoms with E-state index in [0.29, 0.717) is 13.1 Å². The number of para-hydroxylation sites is 2. The molecule has 0 saturated carbocycles. The van der Waals surface area contributed by atoms with Gasteiger partial charge in [0.25, 0.3) is 0 Å². The van der Waals surface area contributed by atoms with Gasteiger partial charge in [0, 0.05) is 50.2 Å². The number of anilines is 1. The van der Waals surface area contributed by atoms with Gasteiger partial charge in [-0.15, -0.1) is 11.3 Å². The molecule has 3 heterocycles. The third kappa shape index (κ3) is 5.50. The fourth-order valence-electron chi connectivity index (χ4n) is 4.92. The maximum absolute atomic E-state index is 12.8. The summed E-state index contributed by atoms with van der Waals surface area (Å²) in [5.74, 6) is 0.00342. The zero-order chi connectivity index (χ0) is 23.2. The minimum Gasteiger partial charge on any atom is -0.495 e. The van der Waals surface area contributed by atoms with Crippen molar-refractivity contribution >= 4 is 28.8 Å². The molecule has 0 spiro atoms. The molecular weight excluding hydrogens is 436 g/mol.